The highest BCUT2D eigenvalue weighted by Crippen LogP contribution is 2.36. The van der Waals surface area contributed by atoms with Crippen LogP contribution in [0.15, 0.2) is 73.1 Å². The Morgan fingerprint density at radius 3 is 2.31 bits per heavy atom. The number of hydrogen-bond donors (Lipinski definition) is 2. The Labute approximate surface area is 229 Å². The Morgan fingerprint density at radius 2 is 1.64 bits per heavy atom. The molecule has 3 aromatic heterocycles. The smallest absolute Gasteiger partial charge is 0.321 e. The number of amides is 2. The average molecular weight is 522 g/mol. The molecule has 0 aliphatic carbocycles. The minimum atomic E-state index is -0.0962. The maximum atomic E-state index is 12.4. The van der Waals surface area contributed by atoms with Gasteiger partial charge in [-0.25, -0.2) is 9.78 Å². The van der Waals surface area contributed by atoms with E-state index < -0.39 is 0 Å². The Hall–Kier alpha value is -4.43. The van der Waals surface area contributed by atoms with E-state index in [0.717, 1.165) is 56.9 Å². The molecule has 8 heteroatoms. The molecule has 2 amide bonds. The van der Waals surface area contributed by atoms with Crippen LogP contribution in [0.25, 0.3) is 44.7 Å². The normalized spacial score (nSPS) is 11.3. The minimum Gasteiger partial charge on any atom is -0.339 e. The highest BCUT2D eigenvalue weighted by Gasteiger charge is 2.17. The van der Waals surface area contributed by atoms with Crippen molar-refractivity contribution in [1.82, 2.24) is 29.5 Å². The van der Waals surface area contributed by atoms with Gasteiger partial charge in [-0.05, 0) is 68.9 Å². The number of benzene rings is 2. The van der Waals surface area contributed by atoms with Crippen LogP contribution in [-0.2, 0) is 13.6 Å². The molecule has 8 nitrogen and oxygen atoms in total. The molecule has 0 bridgehead atoms. The molecule has 2 aromatic carbocycles. The first kappa shape index (κ1) is 26.2. The molecule has 0 aliphatic heterocycles. The van der Waals surface area contributed by atoms with Gasteiger partial charge in [0.2, 0.25) is 0 Å². The molecule has 0 saturated heterocycles. The van der Waals surface area contributed by atoms with Gasteiger partial charge >= 0.3 is 6.03 Å². The third-order valence-electron chi connectivity index (χ3n) is 6.87. The highest BCUT2D eigenvalue weighted by atomic mass is 16.2. The Balaban J connectivity index is 1.46. The SMILES string of the molecule is CCN(CC)C(=O)Nc1ccc(-c2nn(C)cc2-c2ccnc3[nH]c(-c4ccc(CN(C)C)cc4)cc23)cc1. The van der Waals surface area contributed by atoms with Crippen LogP contribution in [0, 0.1) is 0 Å². The lowest BCUT2D eigenvalue weighted by Crippen LogP contribution is -2.34. The van der Waals surface area contributed by atoms with Crippen molar-refractivity contribution >= 4 is 22.8 Å². The number of nitrogens with one attached hydrogen (secondary N) is 2. The zero-order valence-corrected chi connectivity index (χ0v) is 23.2. The molecule has 5 aromatic rings. The molecule has 0 spiro atoms. The summed E-state index contributed by atoms with van der Waals surface area (Å²) in [5.74, 6) is 0. The number of nitrogens with zero attached hydrogens (tertiary/aromatic N) is 5. The van der Waals surface area contributed by atoms with E-state index in [-0.39, 0.29) is 6.03 Å². The summed E-state index contributed by atoms with van der Waals surface area (Å²) in [6.07, 6.45) is 3.88. The average Bonchev–Trinajstić information content (AvgIpc) is 3.53. The van der Waals surface area contributed by atoms with Gasteiger partial charge < -0.3 is 20.1 Å². The van der Waals surface area contributed by atoms with Crippen molar-refractivity contribution in [2.75, 3.05) is 32.5 Å². The van der Waals surface area contributed by atoms with Gasteiger partial charge in [-0.2, -0.15) is 5.10 Å². The van der Waals surface area contributed by atoms with E-state index >= 15 is 0 Å². The summed E-state index contributed by atoms with van der Waals surface area (Å²) in [5.41, 5.74) is 8.96. The van der Waals surface area contributed by atoms with Crippen LogP contribution in [0.4, 0.5) is 10.5 Å². The zero-order valence-electron chi connectivity index (χ0n) is 23.2. The van der Waals surface area contributed by atoms with E-state index in [9.17, 15) is 4.79 Å². The highest BCUT2D eigenvalue weighted by molar-refractivity contribution is 5.99. The lowest BCUT2D eigenvalue weighted by atomic mass is 10.00. The van der Waals surface area contributed by atoms with Crippen molar-refractivity contribution in [2.45, 2.75) is 20.4 Å². The van der Waals surface area contributed by atoms with Crippen LogP contribution in [-0.4, -0.2) is 62.8 Å². The van der Waals surface area contributed by atoms with E-state index in [2.05, 4.69) is 64.6 Å². The first-order valence-electron chi connectivity index (χ1n) is 13.3. The van der Waals surface area contributed by atoms with E-state index in [0.29, 0.717) is 13.1 Å². The number of aromatic nitrogens is 4. The fraction of sp³-hybridized carbons (Fsp3) is 0.258. The summed E-state index contributed by atoms with van der Waals surface area (Å²) in [6, 6.07) is 20.6. The molecule has 0 fully saturated rings. The van der Waals surface area contributed by atoms with Crippen molar-refractivity contribution in [3.63, 3.8) is 0 Å². The third kappa shape index (κ3) is 5.56. The first-order valence-corrected chi connectivity index (χ1v) is 13.3. The van der Waals surface area contributed by atoms with Gasteiger partial charge in [0.05, 0.1) is 0 Å². The van der Waals surface area contributed by atoms with Crippen LogP contribution < -0.4 is 5.32 Å². The summed E-state index contributed by atoms with van der Waals surface area (Å²) >= 11 is 0. The van der Waals surface area contributed by atoms with E-state index in [1.54, 1.807) is 4.90 Å². The summed E-state index contributed by atoms with van der Waals surface area (Å²) in [5, 5.41) is 8.81. The molecule has 0 unspecified atom stereocenters. The van der Waals surface area contributed by atoms with Gasteiger partial charge in [0.25, 0.3) is 0 Å². The van der Waals surface area contributed by atoms with Crippen LogP contribution in [0.2, 0.25) is 0 Å². The lowest BCUT2D eigenvalue weighted by molar-refractivity contribution is 0.217. The fourth-order valence-electron chi connectivity index (χ4n) is 4.90. The molecule has 0 aliphatic rings. The topological polar surface area (TPSA) is 82.1 Å². The largest absolute Gasteiger partial charge is 0.339 e. The van der Waals surface area contributed by atoms with E-state index in [1.165, 1.54) is 5.56 Å². The van der Waals surface area contributed by atoms with Gasteiger partial charge in [0.15, 0.2) is 0 Å². The standard InChI is InChI=1S/C31H35N7O/c1-6-38(7-2)31(39)33-24-14-12-23(13-15-24)29-27(20-37(5)35-29)25-16-17-32-30-26(25)18-28(34-30)22-10-8-21(9-11-22)19-36(3)4/h8-18,20H,6-7,19H2,1-5H3,(H,32,34)(H,33,39). The van der Waals surface area contributed by atoms with Crippen LogP contribution in [0.1, 0.15) is 19.4 Å². The number of pyridine rings is 1. The number of aryl methyl sites for hydroxylation is 1. The first-order chi connectivity index (χ1) is 18.9. The molecule has 3 heterocycles. The molecule has 0 atom stereocenters. The number of anilines is 1. The molecule has 0 radical (unpaired) electrons. The molecular weight excluding hydrogens is 486 g/mol. The van der Waals surface area contributed by atoms with Gasteiger partial charge in [-0.15, -0.1) is 0 Å². The second-order valence-electron chi connectivity index (χ2n) is 9.98. The second-order valence-corrected chi connectivity index (χ2v) is 9.98. The molecule has 39 heavy (non-hydrogen) atoms. The predicted molar refractivity (Wildman–Crippen MR) is 158 cm³/mol. The second kappa shape index (κ2) is 11.1. The van der Waals surface area contributed by atoms with Crippen molar-refractivity contribution < 1.29 is 4.79 Å². The Morgan fingerprint density at radius 1 is 0.949 bits per heavy atom. The summed E-state index contributed by atoms with van der Waals surface area (Å²) in [7, 11) is 6.08. The summed E-state index contributed by atoms with van der Waals surface area (Å²) in [4.78, 5) is 24.5. The number of aromatic amines is 1. The van der Waals surface area contributed by atoms with Crippen molar-refractivity contribution in [1.29, 1.82) is 0 Å². The van der Waals surface area contributed by atoms with Gasteiger partial charge in [0, 0.05) is 67.0 Å². The third-order valence-corrected chi connectivity index (χ3v) is 6.87. The van der Waals surface area contributed by atoms with Gasteiger partial charge in [-0.1, -0.05) is 36.4 Å². The summed E-state index contributed by atoms with van der Waals surface area (Å²) < 4.78 is 1.84. The number of rotatable bonds is 8. The van der Waals surface area contributed by atoms with Crippen molar-refractivity contribution in [2.24, 2.45) is 7.05 Å². The predicted octanol–water partition coefficient (Wildman–Crippen LogP) is 6.23. The summed E-state index contributed by atoms with van der Waals surface area (Å²) in [6.45, 7) is 6.19. The zero-order chi connectivity index (χ0) is 27.5. The van der Waals surface area contributed by atoms with Crippen molar-refractivity contribution in [3.8, 4) is 33.6 Å². The number of carbonyl (C=O) groups is 1. The monoisotopic (exact) mass is 521 g/mol. The Kier molecular flexibility index (Phi) is 7.47. The number of carbonyl (C=O) groups excluding carboxylic acids is 1. The number of H-pyrrole nitrogens is 1. The van der Waals surface area contributed by atoms with Gasteiger partial charge in [-0.3, -0.25) is 4.68 Å². The molecule has 5 rings (SSSR count). The maximum absolute atomic E-state index is 12.4. The Bertz CT molecular complexity index is 1580. The maximum Gasteiger partial charge on any atom is 0.321 e. The number of hydrogen-bond acceptors (Lipinski definition) is 4. The molecule has 0 saturated carbocycles. The van der Waals surface area contributed by atoms with Crippen LogP contribution >= 0.6 is 0 Å². The van der Waals surface area contributed by atoms with Crippen molar-refractivity contribution in [3.05, 3.63) is 78.6 Å². The quantitative estimate of drug-likeness (QED) is 0.254. The fourth-order valence-corrected chi connectivity index (χ4v) is 4.90. The lowest BCUT2D eigenvalue weighted by Gasteiger charge is -2.19. The minimum absolute atomic E-state index is 0.0962. The molecule has 2 N–H and O–H groups in total. The number of urea groups is 1. The molecule has 200 valence electrons. The van der Waals surface area contributed by atoms with Gasteiger partial charge in [0.1, 0.15) is 11.3 Å². The van der Waals surface area contributed by atoms with Crippen LogP contribution in [0.5, 0.6) is 0 Å². The number of fused-ring (bicyclic) bond motifs is 1. The molecular formula is C31H35N7O. The van der Waals surface area contributed by atoms with Crippen LogP contribution in [0.3, 0.4) is 0 Å². The van der Waals surface area contributed by atoms with E-state index in [1.807, 2.05) is 68.3 Å². The van der Waals surface area contributed by atoms with E-state index in [4.69, 9.17) is 5.10 Å².